The van der Waals surface area contributed by atoms with Crippen molar-refractivity contribution in [1.82, 2.24) is 0 Å². The summed E-state index contributed by atoms with van der Waals surface area (Å²) in [6, 6.07) is 0. The minimum absolute atomic E-state index is 0.0969. The first-order chi connectivity index (χ1) is 28.5. The fraction of sp³-hybridized carbons (Fsp3) is 0.712. The van der Waals surface area contributed by atoms with E-state index in [0.29, 0.717) is 19.3 Å². The lowest BCUT2D eigenvalue weighted by Crippen LogP contribution is -2.30. The lowest BCUT2D eigenvalue weighted by atomic mass is 10.1. The Morgan fingerprint density at radius 3 is 1.16 bits per heavy atom. The van der Waals surface area contributed by atoms with Gasteiger partial charge < -0.3 is 14.2 Å². The first kappa shape index (κ1) is 54.9. The molecule has 0 radical (unpaired) electrons. The van der Waals surface area contributed by atoms with E-state index in [9.17, 15) is 14.4 Å². The van der Waals surface area contributed by atoms with Crippen LogP contribution in [0.1, 0.15) is 220 Å². The van der Waals surface area contributed by atoms with Crippen LogP contribution in [0.4, 0.5) is 0 Å². The van der Waals surface area contributed by atoms with E-state index < -0.39 is 6.10 Å². The van der Waals surface area contributed by atoms with E-state index >= 15 is 0 Å². The third-order valence-corrected chi connectivity index (χ3v) is 9.91. The average molecular weight is 809 g/mol. The van der Waals surface area contributed by atoms with E-state index in [1.807, 2.05) is 0 Å². The van der Waals surface area contributed by atoms with Gasteiger partial charge in [0.2, 0.25) is 0 Å². The van der Waals surface area contributed by atoms with Crippen LogP contribution in [0, 0.1) is 0 Å². The van der Waals surface area contributed by atoms with Crippen molar-refractivity contribution in [2.24, 2.45) is 0 Å². The molecule has 0 aliphatic rings. The van der Waals surface area contributed by atoms with Crippen molar-refractivity contribution >= 4 is 17.9 Å². The lowest BCUT2D eigenvalue weighted by Gasteiger charge is -2.18. The molecule has 0 aromatic carbocycles. The molecule has 0 aromatic heterocycles. The fourth-order valence-corrected chi connectivity index (χ4v) is 6.29. The topological polar surface area (TPSA) is 78.9 Å². The largest absolute Gasteiger partial charge is 0.462 e. The van der Waals surface area contributed by atoms with Gasteiger partial charge in [0.1, 0.15) is 13.2 Å². The minimum Gasteiger partial charge on any atom is -0.462 e. The van der Waals surface area contributed by atoms with E-state index in [1.54, 1.807) is 0 Å². The zero-order valence-electron chi connectivity index (χ0n) is 37.8. The second-order valence-corrected chi connectivity index (χ2v) is 15.6. The van der Waals surface area contributed by atoms with E-state index in [-0.39, 0.29) is 31.1 Å². The highest BCUT2D eigenvalue weighted by Gasteiger charge is 2.19. The van der Waals surface area contributed by atoms with Crippen molar-refractivity contribution in [3.05, 3.63) is 72.9 Å². The van der Waals surface area contributed by atoms with E-state index in [0.717, 1.165) is 109 Å². The number of carbonyl (C=O) groups excluding carboxylic acids is 3. The van der Waals surface area contributed by atoms with Crippen LogP contribution in [0.15, 0.2) is 72.9 Å². The summed E-state index contributed by atoms with van der Waals surface area (Å²) in [5.41, 5.74) is 0. The summed E-state index contributed by atoms with van der Waals surface area (Å²) in [6.07, 6.45) is 57.4. The number of esters is 3. The van der Waals surface area contributed by atoms with Crippen LogP contribution < -0.4 is 0 Å². The molecule has 0 bridgehead atoms. The summed E-state index contributed by atoms with van der Waals surface area (Å²) in [6.45, 7) is 6.41. The molecule has 58 heavy (non-hydrogen) atoms. The molecular weight excluding hydrogens is 721 g/mol. The van der Waals surface area contributed by atoms with E-state index in [2.05, 4.69) is 93.7 Å². The Labute approximate surface area is 357 Å². The molecule has 6 heteroatoms. The molecule has 0 saturated carbocycles. The van der Waals surface area contributed by atoms with Gasteiger partial charge in [-0.1, -0.05) is 171 Å². The van der Waals surface area contributed by atoms with Gasteiger partial charge in [-0.15, -0.1) is 0 Å². The van der Waals surface area contributed by atoms with Gasteiger partial charge in [0.25, 0.3) is 0 Å². The third kappa shape index (κ3) is 44.0. The van der Waals surface area contributed by atoms with Crippen molar-refractivity contribution < 1.29 is 28.6 Å². The Morgan fingerprint density at radius 1 is 0.362 bits per heavy atom. The smallest absolute Gasteiger partial charge is 0.306 e. The number of unbranched alkanes of at least 4 members (excludes halogenated alkanes) is 19. The predicted octanol–water partition coefficient (Wildman–Crippen LogP) is 15.5. The number of hydrogen-bond donors (Lipinski definition) is 0. The maximum absolute atomic E-state index is 12.7. The van der Waals surface area contributed by atoms with Gasteiger partial charge in [-0.25, -0.2) is 0 Å². The number of hydrogen-bond acceptors (Lipinski definition) is 6. The van der Waals surface area contributed by atoms with Gasteiger partial charge in [0.15, 0.2) is 6.10 Å². The summed E-state index contributed by atoms with van der Waals surface area (Å²) in [5.74, 6) is -0.961. The van der Waals surface area contributed by atoms with Crippen molar-refractivity contribution in [2.45, 2.75) is 226 Å². The summed E-state index contributed by atoms with van der Waals surface area (Å²) in [4.78, 5) is 37.8. The molecule has 332 valence electrons. The molecule has 0 amide bonds. The Bertz CT molecular complexity index is 1110. The molecule has 1 atom stereocenters. The normalized spacial score (nSPS) is 12.7. The average Bonchev–Trinajstić information content (AvgIpc) is 3.22. The van der Waals surface area contributed by atoms with Crippen molar-refractivity contribution in [3.8, 4) is 0 Å². The summed E-state index contributed by atoms with van der Waals surface area (Å²) in [7, 11) is 0. The Morgan fingerprint density at radius 2 is 0.690 bits per heavy atom. The summed E-state index contributed by atoms with van der Waals surface area (Å²) < 4.78 is 16.7. The number of rotatable bonds is 42. The molecular formula is C52H88O6. The Balaban J connectivity index is 4.47. The van der Waals surface area contributed by atoms with Crippen molar-refractivity contribution in [2.75, 3.05) is 13.2 Å². The second kappa shape index (κ2) is 46.5. The number of allylic oxidation sites excluding steroid dienone is 12. The lowest BCUT2D eigenvalue weighted by molar-refractivity contribution is -0.167. The van der Waals surface area contributed by atoms with Crippen LogP contribution in [-0.4, -0.2) is 37.2 Å². The first-order valence-corrected chi connectivity index (χ1v) is 23.9. The maximum Gasteiger partial charge on any atom is 0.306 e. The molecule has 0 aliphatic heterocycles. The van der Waals surface area contributed by atoms with Crippen molar-refractivity contribution in [3.63, 3.8) is 0 Å². The maximum atomic E-state index is 12.7. The second-order valence-electron chi connectivity index (χ2n) is 15.6. The van der Waals surface area contributed by atoms with Crippen LogP contribution in [0.5, 0.6) is 0 Å². The zero-order valence-corrected chi connectivity index (χ0v) is 37.8. The van der Waals surface area contributed by atoms with Gasteiger partial charge >= 0.3 is 17.9 Å². The van der Waals surface area contributed by atoms with Crippen LogP contribution in [0.2, 0.25) is 0 Å². The number of carbonyl (C=O) groups is 3. The van der Waals surface area contributed by atoms with Crippen molar-refractivity contribution in [1.29, 1.82) is 0 Å². The van der Waals surface area contributed by atoms with Gasteiger partial charge in [-0.2, -0.15) is 0 Å². The van der Waals surface area contributed by atoms with Gasteiger partial charge in [-0.05, 0) is 103 Å². The van der Waals surface area contributed by atoms with Crippen LogP contribution in [-0.2, 0) is 28.6 Å². The van der Waals surface area contributed by atoms with Gasteiger partial charge in [-0.3, -0.25) is 14.4 Å². The molecule has 6 nitrogen and oxygen atoms in total. The Hall–Kier alpha value is -3.15. The molecule has 0 N–H and O–H groups in total. The number of ether oxygens (including phenoxy) is 3. The summed E-state index contributed by atoms with van der Waals surface area (Å²) in [5, 5.41) is 0. The van der Waals surface area contributed by atoms with Gasteiger partial charge in [0.05, 0.1) is 0 Å². The third-order valence-electron chi connectivity index (χ3n) is 9.91. The highest BCUT2D eigenvalue weighted by Crippen LogP contribution is 2.13. The fourth-order valence-electron chi connectivity index (χ4n) is 6.29. The summed E-state index contributed by atoms with van der Waals surface area (Å²) >= 11 is 0. The standard InChI is InChI=1S/C52H88O6/c1-4-7-10-13-16-19-22-24-26-28-30-33-36-39-42-45-51(54)57-48-49(47-56-50(53)44-41-38-35-32-29-21-18-15-12-9-6-3)58-52(55)46-43-40-37-34-31-27-25-23-20-17-14-11-8-5-2/h7,10,15-16,18-19,23-26,30,33,49H,4-6,8-9,11-14,17,20-22,27-29,31-32,34-48H2,1-3H3/b10-7-,18-15-,19-16-,25-23-,26-24-,33-30-/t49-/m1/s1. The van der Waals surface area contributed by atoms with Crippen LogP contribution in [0.3, 0.4) is 0 Å². The molecule has 0 aliphatic carbocycles. The molecule has 0 fully saturated rings. The highest BCUT2D eigenvalue weighted by molar-refractivity contribution is 5.71. The quantitative estimate of drug-likeness (QED) is 0.0264. The monoisotopic (exact) mass is 809 g/mol. The van der Waals surface area contributed by atoms with Crippen LogP contribution in [0.25, 0.3) is 0 Å². The molecule has 0 unspecified atom stereocenters. The highest BCUT2D eigenvalue weighted by atomic mass is 16.6. The molecule has 0 aromatic rings. The molecule has 0 saturated heterocycles. The molecule has 0 heterocycles. The first-order valence-electron chi connectivity index (χ1n) is 23.9. The van der Waals surface area contributed by atoms with Crippen LogP contribution >= 0.6 is 0 Å². The Kier molecular flexibility index (Phi) is 44.0. The predicted molar refractivity (Wildman–Crippen MR) is 247 cm³/mol. The van der Waals surface area contributed by atoms with Gasteiger partial charge in [0, 0.05) is 19.3 Å². The molecule has 0 spiro atoms. The van der Waals surface area contributed by atoms with E-state index in [4.69, 9.17) is 14.2 Å². The zero-order chi connectivity index (χ0) is 42.3. The van der Waals surface area contributed by atoms with E-state index in [1.165, 1.54) is 70.6 Å². The SMILES string of the molecule is CC/C=C\C/C=C\C/C=C\C/C=C\CCCCC(=O)OC[C@@H](COC(=O)CCCCCCC/C=C\CCCC)OC(=O)CCCCCCC/C=C\CCCCCCC. The molecule has 0 rings (SSSR count). The minimum atomic E-state index is -0.798.